The fourth-order valence-corrected chi connectivity index (χ4v) is 9.35. The Labute approximate surface area is 398 Å². The molecule has 392 valence electrons. The van der Waals surface area contributed by atoms with E-state index >= 15 is 0 Å². The van der Waals surface area contributed by atoms with Crippen LogP contribution in [0.5, 0.6) is 0 Å². The molecular formula is C45H83O19P3. The molecule has 8 atom stereocenters. The molecule has 0 aromatic carbocycles. The van der Waals surface area contributed by atoms with Crippen LogP contribution in [0.4, 0.5) is 0 Å². The zero-order valence-electron chi connectivity index (χ0n) is 39.7. The minimum Gasteiger partial charge on any atom is -0.462 e. The summed E-state index contributed by atoms with van der Waals surface area (Å²) < 4.78 is 65.5. The van der Waals surface area contributed by atoms with E-state index in [9.17, 15) is 63.1 Å². The zero-order valence-corrected chi connectivity index (χ0v) is 42.4. The first-order valence-corrected chi connectivity index (χ1v) is 28.8. The van der Waals surface area contributed by atoms with Crippen molar-refractivity contribution in [2.75, 3.05) is 13.2 Å². The summed E-state index contributed by atoms with van der Waals surface area (Å²) in [5.41, 5.74) is 0. The molecular weight excluding hydrogens is 937 g/mol. The number of hydrogen-bond donors (Lipinski definition) is 8. The maximum Gasteiger partial charge on any atom is 0.472 e. The minimum atomic E-state index is -5.60. The molecule has 0 amide bonds. The molecule has 22 heteroatoms. The number of phosphoric acid groups is 3. The van der Waals surface area contributed by atoms with E-state index < -0.39 is 91.3 Å². The number of esters is 2. The van der Waals surface area contributed by atoms with Crippen molar-refractivity contribution in [1.29, 1.82) is 0 Å². The Hall–Kier alpha value is -1.63. The van der Waals surface area contributed by atoms with Gasteiger partial charge in [-0.05, 0) is 70.6 Å². The van der Waals surface area contributed by atoms with Gasteiger partial charge in [0.1, 0.15) is 43.2 Å². The number of ether oxygens (including phenoxy) is 2. The molecule has 1 aliphatic carbocycles. The van der Waals surface area contributed by atoms with Crippen LogP contribution in [0.3, 0.4) is 0 Å². The third-order valence-corrected chi connectivity index (χ3v) is 12.9. The monoisotopic (exact) mass is 1020 g/mol. The average Bonchev–Trinajstić information content (AvgIpc) is 3.25. The summed E-state index contributed by atoms with van der Waals surface area (Å²) in [6, 6.07) is 0. The van der Waals surface area contributed by atoms with Gasteiger partial charge in [-0.25, -0.2) is 13.7 Å². The lowest BCUT2D eigenvalue weighted by molar-refractivity contribution is -0.213. The van der Waals surface area contributed by atoms with Crippen molar-refractivity contribution in [2.24, 2.45) is 0 Å². The molecule has 0 radical (unpaired) electrons. The van der Waals surface area contributed by atoms with E-state index in [-0.39, 0.29) is 12.8 Å². The van der Waals surface area contributed by atoms with Crippen LogP contribution >= 0.6 is 23.5 Å². The Morgan fingerprint density at radius 2 is 0.866 bits per heavy atom. The van der Waals surface area contributed by atoms with Crippen molar-refractivity contribution in [3.8, 4) is 0 Å². The van der Waals surface area contributed by atoms with Crippen molar-refractivity contribution in [3.63, 3.8) is 0 Å². The molecule has 0 aromatic rings. The molecule has 19 nitrogen and oxygen atoms in total. The number of unbranched alkanes of at least 4 members (excludes halogenated alkanes) is 19. The van der Waals surface area contributed by atoms with Gasteiger partial charge in [0.15, 0.2) is 6.10 Å². The molecule has 0 bridgehead atoms. The van der Waals surface area contributed by atoms with Gasteiger partial charge in [-0.3, -0.25) is 27.7 Å². The molecule has 8 unspecified atom stereocenters. The largest absolute Gasteiger partial charge is 0.472 e. The number of hydrogen-bond acceptors (Lipinski definition) is 14. The molecule has 1 fully saturated rings. The SMILES string of the molecule is CCCCCC=CCC=CCCCCCCCC(=O)OC(COC(=O)CCCCCCCC=CCCCCCCCC)COP(=O)(O)OC1C(O)C(O)C(OP(=O)(O)O)C(OP(=O)(O)O)C1O. The number of aliphatic hydroxyl groups is 3. The fourth-order valence-electron chi connectivity index (χ4n) is 7.25. The molecule has 1 aliphatic rings. The van der Waals surface area contributed by atoms with Gasteiger partial charge in [-0.15, -0.1) is 0 Å². The lowest BCUT2D eigenvalue weighted by Gasteiger charge is -2.44. The average molecular weight is 1020 g/mol. The lowest BCUT2D eigenvalue weighted by Crippen LogP contribution is -2.65. The van der Waals surface area contributed by atoms with Gasteiger partial charge in [0.25, 0.3) is 0 Å². The van der Waals surface area contributed by atoms with E-state index in [1.165, 1.54) is 57.8 Å². The van der Waals surface area contributed by atoms with Gasteiger partial charge >= 0.3 is 35.4 Å². The van der Waals surface area contributed by atoms with Crippen LogP contribution in [0.1, 0.15) is 181 Å². The summed E-state index contributed by atoms with van der Waals surface area (Å²) in [6.07, 6.45) is 21.6. The Kier molecular flexibility index (Phi) is 35.2. The highest BCUT2D eigenvalue weighted by Gasteiger charge is 2.56. The van der Waals surface area contributed by atoms with Crippen LogP contribution in [0.25, 0.3) is 0 Å². The van der Waals surface area contributed by atoms with Gasteiger partial charge in [-0.1, -0.05) is 134 Å². The predicted molar refractivity (Wildman–Crippen MR) is 252 cm³/mol. The second kappa shape index (κ2) is 37.2. The smallest absolute Gasteiger partial charge is 0.462 e. The second-order valence-corrected chi connectivity index (χ2v) is 20.8. The summed E-state index contributed by atoms with van der Waals surface area (Å²) in [5.74, 6) is -1.32. The van der Waals surface area contributed by atoms with Crippen molar-refractivity contribution >= 4 is 35.4 Å². The maximum atomic E-state index is 13.1. The number of phosphoric ester groups is 3. The summed E-state index contributed by atoms with van der Waals surface area (Å²) >= 11 is 0. The zero-order chi connectivity index (χ0) is 50.0. The van der Waals surface area contributed by atoms with E-state index in [1.807, 2.05) is 0 Å². The normalized spacial score (nSPS) is 21.9. The molecule has 67 heavy (non-hydrogen) atoms. The van der Waals surface area contributed by atoms with Gasteiger partial charge in [-0.2, -0.15) is 0 Å². The number of carbonyl (C=O) groups is 2. The van der Waals surface area contributed by atoms with E-state index in [2.05, 4.69) is 59.4 Å². The summed E-state index contributed by atoms with van der Waals surface area (Å²) in [4.78, 5) is 73.2. The third kappa shape index (κ3) is 33.6. The van der Waals surface area contributed by atoms with Gasteiger partial charge < -0.3 is 49.3 Å². The van der Waals surface area contributed by atoms with Crippen LogP contribution in [0.15, 0.2) is 36.5 Å². The van der Waals surface area contributed by atoms with Gasteiger partial charge in [0.05, 0.1) is 6.61 Å². The Balaban J connectivity index is 2.74. The predicted octanol–water partition coefficient (Wildman–Crippen LogP) is 8.85. The first-order chi connectivity index (χ1) is 31.8. The first-order valence-electron chi connectivity index (χ1n) is 24.3. The van der Waals surface area contributed by atoms with E-state index in [1.54, 1.807) is 0 Å². The Morgan fingerprint density at radius 3 is 1.36 bits per heavy atom. The molecule has 1 saturated carbocycles. The Bertz CT molecular complexity index is 1550. The Morgan fingerprint density at radius 1 is 0.478 bits per heavy atom. The molecule has 0 aromatic heterocycles. The topological polar surface area (TPSA) is 303 Å². The quantitative estimate of drug-likeness (QED) is 0.0123. The lowest BCUT2D eigenvalue weighted by atomic mass is 9.85. The minimum absolute atomic E-state index is 0.0195. The number of aliphatic hydroxyl groups excluding tert-OH is 3. The van der Waals surface area contributed by atoms with Crippen molar-refractivity contribution < 1.29 is 90.6 Å². The molecule has 0 saturated heterocycles. The first kappa shape index (κ1) is 63.4. The fraction of sp³-hybridized carbons (Fsp3) is 0.822. The van der Waals surface area contributed by atoms with Gasteiger partial charge in [0, 0.05) is 12.8 Å². The highest BCUT2D eigenvalue weighted by atomic mass is 31.2. The molecule has 0 spiro atoms. The van der Waals surface area contributed by atoms with Crippen LogP contribution < -0.4 is 0 Å². The van der Waals surface area contributed by atoms with Gasteiger partial charge in [0.2, 0.25) is 0 Å². The van der Waals surface area contributed by atoms with Crippen LogP contribution in [0.2, 0.25) is 0 Å². The number of allylic oxidation sites excluding steroid dienone is 6. The van der Waals surface area contributed by atoms with E-state index in [0.29, 0.717) is 12.8 Å². The van der Waals surface area contributed by atoms with Crippen LogP contribution in [0, 0.1) is 0 Å². The van der Waals surface area contributed by atoms with Crippen molar-refractivity contribution in [1.82, 2.24) is 0 Å². The third-order valence-electron chi connectivity index (χ3n) is 10.9. The number of carbonyl (C=O) groups excluding carboxylic acids is 2. The second-order valence-electron chi connectivity index (χ2n) is 17.0. The summed E-state index contributed by atoms with van der Waals surface area (Å²) in [7, 11) is -16.6. The molecule has 0 heterocycles. The standard InChI is InChI=1S/C45H83O19P3/c1-3-5-7-9-11-13-15-17-19-21-23-25-27-29-31-33-38(46)59-35-37(61-39(47)34-32-30-28-26-24-22-20-18-16-14-12-10-8-6-4-2)36-60-67(57,58)64-43-40(48)41(49)44(62-65(51,52)53)45(42(43)50)63-66(54,55)56/h12,14,17-20,37,40-45,48-50H,3-11,13,15-16,21-36H2,1-2H3,(H,57,58)(H2,51,52,53)(H2,54,55,56). The van der Waals surface area contributed by atoms with Crippen LogP contribution in [-0.2, 0) is 50.9 Å². The van der Waals surface area contributed by atoms with Crippen molar-refractivity contribution in [3.05, 3.63) is 36.5 Å². The summed E-state index contributed by atoms with van der Waals surface area (Å²) in [5, 5.41) is 31.9. The van der Waals surface area contributed by atoms with Crippen molar-refractivity contribution in [2.45, 2.75) is 224 Å². The molecule has 0 aliphatic heterocycles. The number of rotatable bonds is 41. The summed E-state index contributed by atoms with van der Waals surface area (Å²) in [6.45, 7) is 2.90. The highest BCUT2D eigenvalue weighted by molar-refractivity contribution is 7.47. The molecule has 8 N–H and O–H groups in total. The maximum absolute atomic E-state index is 13.1. The van der Waals surface area contributed by atoms with E-state index in [0.717, 1.165) is 83.5 Å². The molecule has 1 rings (SSSR count). The van der Waals surface area contributed by atoms with Crippen LogP contribution in [-0.4, -0.2) is 108 Å². The highest BCUT2D eigenvalue weighted by Crippen LogP contribution is 2.51. The van der Waals surface area contributed by atoms with E-state index in [4.69, 9.17) is 18.5 Å².